The molecular formula is C17H16N2O3S. The Kier molecular flexibility index (Phi) is 3.34. The first-order valence-corrected chi connectivity index (χ1v) is 8.47. The van der Waals surface area contributed by atoms with Gasteiger partial charge in [-0.25, -0.2) is 4.79 Å². The van der Waals surface area contributed by atoms with Crippen LogP contribution < -0.4 is 5.76 Å². The number of aromatic nitrogens is 1. The van der Waals surface area contributed by atoms with Gasteiger partial charge in [-0.2, -0.15) is 0 Å². The van der Waals surface area contributed by atoms with Crippen LogP contribution >= 0.6 is 11.3 Å². The number of hydrogen-bond donors (Lipinski definition) is 0. The lowest BCUT2D eigenvalue weighted by atomic mass is 10.1. The van der Waals surface area contributed by atoms with Crippen LogP contribution in [0.25, 0.3) is 11.1 Å². The van der Waals surface area contributed by atoms with E-state index in [1.165, 1.54) is 15.0 Å². The van der Waals surface area contributed by atoms with Crippen LogP contribution in [0.15, 0.2) is 44.9 Å². The topological polar surface area (TPSA) is 55.5 Å². The number of rotatable bonds is 2. The summed E-state index contributed by atoms with van der Waals surface area (Å²) in [4.78, 5) is 28.2. The average molecular weight is 328 g/mol. The van der Waals surface area contributed by atoms with Gasteiger partial charge in [0.05, 0.1) is 5.52 Å². The zero-order chi connectivity index (χ0) is 16.0. The Hall–Kier alpha value is -2.34. The molecule has 0 N–H and O–H groups in total. The average Bonchev–Trinajstić information content (AvgIpc) is 3.15. The second kappa shape index (κ2) is 5.38. The van der Waals surface area contributed by atoms with E-state index >= 15 is 0 Å². The normalized spacial score (nSPS) is 15.6. The van der Waals surface area contributed by atoms with E-state index in [4.69, 9.17) is 4.42 Å². The lowest BCUT2D eigenvalue weighted by molar-refractivity contribution is -0.135. The quantitative estimate of drug-likeness (QED) is 0.727. The maximum absolute atomic E-state index is 12.9. The lowest BCUT2D eigenvalue weighted by Crippen LogP contribution is -2.40. The molecule has 118 valence electrons. The third-order valence-electron chi connectivity index (χ3n) is 4.38. The first-order chi connectivity index (χ1) is 11.1. The maximum Gasteiger partial charge on any atom is 0.420 e. The molecule has 1 amide bonds. The van der Waals surface area contributed by atoms with Crippen LogP contribution in [0.2, 0.25) is 0 Å². The van der Waals surface area contributed by atoms with Crippen molar-refractivity contribution in [2.75, 3.05) is 6.54 Å². The number of thiophene rings is 1. The first kappa shape index (κ1) is 14.3. The molecule has 0 bridgehead atoms. The van der Waals surface area contributed by atoms with E-state index < -0.39 is 11.8 Å². The predicted octanol–water partition coefficient (Wildman–Crippen LogP) is 2.80. The van der Waals surface area contributed by atoms with Crippen molar-refractivity contribution in [3.8, 4) is 0 Å². The summed E-state index contributed by atoms with van der Waals surface area (Å²) in [5.74, 6) is -0.532. The molecule has 3 heterocycles. The molecule has 0 saturated carbocycles. The molecule has 4 rings (SSSR count). The minimum atomic E-state index is -0.577. The Balaban J connectivity index is 1.66. The molecule has 23 heavy (non-hydrogen) atoms. The van der Waals surface area contributed by atoms with Crippen molar-refractivity contribution in [1.29, 1.82) is 0 Å². The number of benzene rings is 1. The Morgan fingerprint density at radius 1 is 1.30 bits per heavy atom. The maximum atomic E-state index is 12.9. The fourth-order valence-corrected chi connectivity index (χ4v) is 4.05. The fourth-order valence-electron chi connectivity index (χ4n) is 3.16. The predicted molar refractivity (Wildman–Crippen MR) is 88.6 cm³/mol. The summed E-state index contributed by atoms with van der Waals surface area (Å²) in [7, 11) is 0. The van der Waals surface area contributed by atoms with Crippen LogP contribution in [0.3, 0.4) is 0 Å². The Morgan fingerprint density at radius 2 is 2.13 bits per heavy atom. The number of nitrogens with zero attached hydrogens (tertiary/aromatic N) is 2. The van der Waals surface area contributed by atoms with Gasteiger partial charge in [0, 0.05) is 18.0 Å². The van der Waals surface area contributed by atoms with Gasteiger partial charge < -0.3 is 9.32 Å². The Morgan fingerprint density at radius 3 is 3.00 bits per heavy atom. The summed E-state index contributed by atoms with van der Waals surface area (Å²) in [5, 5.41) is 2.07. The number of oxazole rings is 1. The molecule has 1 atom stereocenters. The van der Waals surface area contributed by atoms with E-state index in [9.17, 15) is 9.59 Å². The fraction of sp³-hybridized carbons (Fsp3) is 0.294. The van der Waals surface area contributed by atoms with E-state index in [1.807, 2.05) is 17.0 Å². The molecule has 0 radical (unpaired) electrons. The largest absolute Gasteiger partial charge is 0.420 e. The SMILES string of the molecule is CC(C(=O)N1CCc2sccc2C1)n1c(=O)oc2ccccc21. The molecule has 1 aliphatic heterocycles. The van der Waals surface area contributed by atoms with Crippen molar-refractivity contribution in [3.05, 3.63) is 56.7 Å². The van der Waals surface area contributed by atoms with Crippen LogP contribution in [0.5, 0.6) is 0 Å². The summed E-state index contributed by atoms with van der Waals surface area (Å²) in [6.45, 7) is 3.07. The number of fused-ring (bicyclic) bond motifs is 2. The van der Waals surface area contributed by atoms with Crippen LogP contribution in [0.1, 0.15) is 23.4 Å². The molecular weight excluding hydrogens is 312 g/mol. The molecule has 0 saturated heterocycles. The summed E-state index contributed by atoms with van der Waals surface area (Å²) >= 11 is 1.74. The summed E-state index contributed by atoms with van der Waals surface area (Å²) in [5.41, 5.74) is 2.38. The molecule has 5 nitrogen and oxygen atoms in total. The molecule has 0 aliphatic carbocycles. The van der Waals surface area contributed by atoms with Crippen molar-refractivity contribution in [1.82, 2.24) is 9.47 Å². The van der Waals surface area contributed by atoms with Gasteiger partial charge in [-0.05, 0) is 42.5 Å². The summed E-state index contributed by atoms with van der Waals surface area (Å²) < 4.78 is 6.69. The number of amides is 1. The second-order valence-corrected chi connectivity index (χ2v) is 6.76. The number of carbonyl (C=O) groups is 1. The lowest BCUT2D eigenvalue weighted by Gasteiger charge is -2.29. The van der Waals surface area contributed by atoms with Crippen LogP contribution in [0.4, 0.5) is 0 Å². The summed E-state index contributed by atoms with van der Waals surface area (Å²) in [6, 6.07) is 8.68. The molecule has 1 unspecified atom stereocenters. The minimum Gasteiger partial charge on any atom is -0.408 e. The monoisotopic (exact) mass is 328 g/mol. The van der Waals surface area contributed by atoms with Gasteiger partial charge >= 0.3 is 5.76 Å². The van der Waals surface area contributed by atoms with Gasteiger partial charge in [-0.1, -0.05) is 12.1 Å². The molecule has 1 aliphatic rings. The van der Waals surface area contributed by atoms with Gasteiger partial charge in [-0.3, -0.25) is 9.36 Å². The van der Waals surface area contributed by atoms with Gasteiger partial charge in [0.25, 0.3) is 0 Å². The van der Waals surface area contributed by atoms with Crippen molar-refractivity contribution < 1.29 is 9.21 Å². The van der Waals surface area contributed by atoms with Gasteiger partial charge in [0.2, 0.25) is 5.91 Å². The molecule has 0 fully saturated rings. The van der Waals surface area contributed by atoms with E-state index in [1.54, 1.807) is 30.4 Å². The second-order valence-electron chi connectivity index (χ2n) is 5.76. The highest BCUT2D eigenvalue weighted by atomic mass is 32.1. The smallest absolute Gasteiger partial charge is 0.408 e. The van der Waals surface area contributed by atoms with Crippen LogP contribution in [-0.4, -0.2) is 21.9 Å². The minimum absolute atomic E-state index is 0.0458. The molecule has 2 aromatic heterocycles. The number of para-hydroxylation sites is 2. The standard InChI is InChI=1S/C17H16N2O3S/c1-11(19-13-4-2-3-5-14(13)22-17(19)21)16(20)18-8-6-15-12(10-18)7-9-23-15/h2-5,7,9,11H,6,8,10H2,1H3. The van der Waals surface area contributed by atoms with Crippen LogP contribution in [-0.2, 0) is 17.8 Å². The molecule has 0 spiro atoms. The first-order valence-electron chi connectivity index (χ1n) is 7.59. The Bertz CT molecular complexity index is 937. The van der Waals surface area contributed by atoms with E-state index in [-0.39, 0.29) is 5.91 Å². The third-order valence-corrected chi connectivity index (χ3v) is 5.41. The zero-order valence-electron chi connectivity index (χ0n) is 12.7. The molecule has 3 aromatic rings. The van der Waals surface area contributed by atoms with E-state index in [0.717, 1.165) is 6.42 Å². The molecule has 6 heteroatoms. The van der Waals surface area contributed by atoms with Crippen molar-refractivity contribution >= 4 is 28.3 Å². The zero-order valence-corrected chi connectivity index (χ0v) is 13.5. The molecule has 1 aromatic carbocycles. The van der Waals surface area contributed by atoms with Crippen molar-refractivity contribution in [2.24, 2.45) is 0 Å². The Labute approximate surface area is 136 Å². The highest BCUT2D eigenvalue weighted by Gasteiger charge is 2.28. The van der Waals surface area contributed by atoms with Crippen molar-refractivity contribution in [2.45, 2.75) is 25.9 Å². The summed E-state index contributed by atoms with van der Waals surface area (Å²) in [6.07, 6.45) is 0.881. The van der Waals surface area contributed by atoms with Crippen LogP contribution in [0, 0.1) is 0 Å². The third kappa shape index (κ3) is 2.30. The van der Waals surface area contributed by atoms with Gasteiger partial charge in [0.15, 0.2) is 5.58 Å². The van der Waals surface area contributed by atoms with E-state index in [2.05, 4.69) is 11.4 Å². The highest BCUT2D eigenvalue weighted by Crippen LogP contribution is 2.26. The highest BCUT2D eigenvalue weighted by molar-refractivity contribution is 7.10. The van der Waals surface area contributed by atoms with Crippen molar-refractivity contribution in [3.63, 3.8) is 0 Å². The number of carbonyl (C=O) groups excluding carboxylic acids is 1. The van der Waals surface area contributed by atoms with Gasteiger partial charge in [0.1, 0.15) is 6.04 Å². The number of hydrogen-bond acceptors (Lipinski definition) is 4. The van der Waals surface area contributed by atoms with E-state index in [0.29, 0.717) is 24.2 Å². The van der Waals surface area contributed by atoms with Gasteiger partial charge in [-0.15, -0.1) is 11.3 Å².